The Kier molecular flexibility index (Phi) is 2.53. The largest absolute Gasteiger partial charge is 0.481 e. The van der Waals surface area contributed by atoms with Crippen molar-refractivity contribution < 1.29 is 19.2 Å². The van der Waals surface area contributed by atoms with Crippen molar-refractivity contribution in [2.45, 2.75) is 31.7 Å². The summed E-state index contributed by atoms with van der Waals surface area (Å²) in [4.78, 5) is 28.1. The molecule has 3 rings (SSSR count). The van der Waals surface area contributed by atoms with Crippen LogP contribution in [0.4, 0.5) is 0 Å². The molecule has 1 saturated carbocycles. The van der Waals surface area contributed by atoms with Crippen molar-refractivity contribution in [2.75, 3.05) is 6.54 Å². The summed E-state index contributed by atoms with van der Waals surface area (Å²) in [5.41, 5.74) is 0. The summed E-state index contributed by atoms with van der Waals surface area (Å²) < 4.78 is 5.07. The van der Waals surface area contributed by atoms with Crippen LogP contribution in [0.1, 0.15) is 36.9 Å². The predicted octanol–water partition coefficient (Wildman–Crippen LogP) is 0.380. The maximum absolute atomic E-state index is 11.6. The average molecular weight is 251 g/mol. The zero-order chi connectivity index (χ0) is 12.7. The molecule has 1 saturated heterocycles. The molecule has 0 spiro atoms. The molecule has 1 unspecified atom stereocenters. The molecule has 7 nitrogen and oxygen atoms in total. The van der Waals surface area contributed by atoms with Gasteiger partial charge in [-0.2, -0.15) is 4.98 Å². The number of nitrogens with zero attached hydrogens (tertiary/aromatic N) is 3. The molecule has 1 N–H and O–H groups in total. The van der Waals surface area contributed by atoms with Gasteiger partial charge >= 0.3 is 5.97 Å². The van der Waals surface area contributed by atoms with Crippen LogP contribution in [0, 0.1) is 5.92 Å². The van der Waals surface area contributed by atoms with Gasteiger partial charge < -0.3 is 14.5 Å². The van der Waals surface area contributed by atoms with E-state index in [4.69, 9.17) is 9.63 Å². The van der Waals surface area contributed by atoms with E-state index in [2.05, 4.69) is 10.1 Å². The van der Waals surface area contributed by atoms with Crippen molar-refractivity contribution in [3.05, 3.63) is 11.7 Å². The molecule has 2 fully saturated rings. The van der Waals surface area contributed by atoms with E-state index in [1.807, 2.05) is 0 Å². The lowest BCUT2D eigenvalue weighted by molar-refractivity contribution is -0.141. The normalized spacial score (nSPS) is 23.7. The lowest BCUT2D eigenvalue weighted by Crippen LogP contribution is -2.25. The van der Waals surface area contributed by atoms with Crippen molar-refractivity contribution in [2.24, 2.45) is 5.92 Å². The number of aliphatic carboxylic acids is 1. The van der Waals surface area contributed by atoms with Gasteiger partial charge in [-0.1, -0.05) is 5.16 Å². The van der Waals surface area contributed by atoms with Crippen molar-refractivity contribution in [3.8, 4) is 0 Å². The zero-order valence-electron chi connectivity index (χ0n) is 9.70. The van der Waals surface area contributed by atoms with Crippen molar-refractivity contribution in [1.29, 1.82) is 0 Å². The van der Waals surface area contributed by atoms with Crippen LogP contribution in [0.15, 0.2) is 4.52 Å². The van der Waals surface area contributed by atoms with Gasteiger partial charge in [0.15, 0.2) is 5.82 Å². The molecular formula is C11H13N3O4. The van der Waals surface area contributed by atoms with E-state index < -0.39 is 11.9 Å². The first-order valence-corrected chi connectivity index (χ1v) is 5.96. The summed E-state index contributed by atoms with van der Waals surface area (Å²) in [6.45, 7) is 0.428. The van der Waals surface area contributed by atoms with Gasteiger partial charge in [-0.25, -0.2) is 0 Å². The lowest BCUT2D eigenvalue weighted by Gasteiger charge is -2.12. The first kappa shape index (κ1) is 11.2. The monoisotopic (exact) mass is 251 g/mol. The van der Waals surface area contributed by atoms with Gasteiger partial charge in [0.2, 0.25) is 11.8 Å². The van der Waals surface area contributed by atoms with E-state index in [0.29, 0.717) is 17.6 Å². The van der Waals surface area contributed by atoms with Gasteiger partial charge in [0.1, 0.15) is 6.54 Å². The topological polar surface area (TPSA) is 96.5 Å². The highest BCUT2D eigenvalue weighted by atomic mass is 16.5. The fourth-order valence-electron chi connectivity index (χ4n) is 2.09. The third-order valence-corrected chi connectivity index (χ3v) is 3.32. The summed E-state index contributed by atoms with van der Waals surface area (Å²) in [6, 6.07) is 0. The molecule has 2 aliphatic rings. The van der Waals surface area contributed by atoms with E-state index >= 15 is 0 Å². The van der Waals surface area contributed by atoms with Crippen LogP contribution in [0.25, 0.3) is 0 Å². The van der Waals surface area contributed by atoms with Crippen LogP contribution >= 0.6 is 0 Å². The Balaban J connectivity index is 1.64. The van der Waals surface area contributed by atoms with Crippen molar-refractivity contribution >= 4 is 11.9 Å². The highest BCUT2D eigenvalue weighted by Gasteiger charge is 2.35. The predicted molar refractivity (Wildman–Crippen MR) is 57.4 cm³/mol. The molecule has 96 valence electrons. The number of carbonyl (C=O) groups is 2. The second kappa shape index (κ2) is 4.08. The number of hydrogen-bond donors (Lipinski definition) is 1. The number of rotatable bonds is 4. The fraction of sp³-hybridized carbons (Fsp3) is 0.636. The molecule has 1 aromatic rings. The van der Waals surface area contributed by atoms with Crippen LogP contribution in [-0.2, 0) is 16.1 Å². The van der Waals surface area contributed by atoms with E-state index in [1.54, 1.807) is 0 Å². The number of carboxylic acid groups (broad SMARTS) is 1. The first-order chi connectivity index (χ1) is 8.63. The minimum absolute atomic E-state index is 0.0545. The quantitative estimate of drug-likeness (QED) is 0.830. The number of carboxylic acids is 1. The maximum atomic E-state index is 11.6. The Morgan fingerprint density at radius 1 is 1.50 bits per heavy atom. The summed E-state index contributed by atoms with van der Waals surface area (Å²) >= 11 is 0. The van der Waals surface area contributed by atoms with E-state index in [1.165, 1.54) is 4.90 Å². The first-order valence-electron chi connectivity index (χ1n) is 5.96. The summed E-state index contributed by atoms with van der Waals surface area (Å²) in [7, 11) is 0. The number of likely N-dealkylation sites (tertiary alicyclic amines) is 1. The Bertz CT molecular complexity index is 494. The third-order valence-electron chi connectivity index (χ3n) is 3.32. The van der Waals surface area contributed by atoms with Crippen LogP contribution < -0.4 is 0 Å². The molecule has 1 amide bonds. The van der Waals surface area contributed by atoms with Gasteiger partial charge in [-0.05, 0) is 12.8 Å². The minimum atomic E-state index is -0.935. The van der Waals surface area contributed by atoms with Gasteiger partial charge in [0.05, 0.1) is 5.92 Å². The van der Waals surface area contributed by atoms with Gasteiger partial charge in [0.25, 0.3) is 0 Å². The molecule has 0 aromatic carbocycles. The van der Waals surface area contributed by atoms with Crippen LogP contribution in [0.5, 0.6) is 0 Å². The van der Waals surface area contributed by atoms with E-state index in [0.717, 1.165) is 12.8 Å². The molecule has 1 atom stereocenters. The van der Waals surface area contributed by atoms with E-state index in [-0.39, 0.29) is 25.4 Å². The molecule has 0 radical (unpaired) electrons. The summed E-state index contributed by atoms with van der Waals surface area (Å²) in [6.07, 6.45) is 2.23. The molecule has 1 aliphatic carbocycles. The molecule has 7 heteroatoms. The standard InChI is InChI=1S/C11H13N3O4/c15-9-3-7(11(16)17)4-14(9)5-8-12-10(13-18-8)6-1-2-6/h6-7H,1-5H2,(H,16,17). The molecule has 1 aromatic heterocycles. The van der Waals surface area contributed by atoms with E-state index in [9.17, 15) is 9.59 Å². The zero-order valence-corrected chi connectivity index (χ0v) is 9.70. The van der Waals surface area contributed by atoms with Gasteiger partial charge in [-0.3, -0.25) is 9.59 Å². The van der Waals surface area contributed by atoms with Crippen LogP contribution in [0.2, 0.25) is 0 Å². The SMILES string of the molecule is O=C(O)C1CC(=O)N(Cc2nc(C3CC3)no2)C1. The molecular weight excluding hydrogens is 238 g/mol. The number of aromatic nitrogens is 2. The third kappa shape index (κ3) is 2.07. The Morgan fingerprint density at radius 2 is 2.28 bits per heavy atom. The Morgan fingerprint density at radius 3 is 2.89 bits per heavy atom. The lowest BCUT2D eigenvalue weighted by atomic mass is 10.1. The highest BCUT2D eigenvalue weighted by Crippen LogP contribution is 2.38. The second-order valence-electron chi connectivity index (χ2n) is 4.83. The Hall–Kier alpha value is -1.92. The number of carbonyl (C=O) groups excluding carboxylic acids is 1. The van der Waals surface area contributed by atoms with Crippen molar-refractivity contribution in [3.63, 3.8) is 0 Å². The van der Waals surface area contributed by atoms with Gasteiger partial charge in [-0.15, -0.1) is 0 Å². The molecule has 2 heterocycles. The average Bonchev–Trinajstić information content (AvgIpc) is 2.97. The number of amides is 1. The summed E-state index contributed by atoms with van der Waals surface area (Å²) in [5.74, 6) is -0.238. The van der Waals surface area contributed by atoms with Crippen molar-refractivity contribution in [1.82, 2.24) is 15.0 Å². The maximum Gasteiger partial charge on any atom is 0.308 e. The molecule has 18 heavy (non-hydrogen) atoms. The van der Waals surface area contributed by atoms with Crippen LogP contribution in [-0.4, -0.2) is 38.6 Å². The smallest absolute Gasteiger partial charge is 0.308 e. The minimum Gasteiger partial charge on any atom is -0.481 e. The molecule has 1 aliphatic heterocycles. The molecule has 0 bridgehead atoms. The van der Waals surface area contributed by atoms with Gasteiger partial charge in [0, 0.05) is 18.9 Å². The Labute approximate surface area is 103 Å². The van der Waals surface area contributed by atoms with Crippen LogP contribution in [0.3, 0.4) is 0 Å². The number of hydrogen-bond acceptors (Lipinski definition) is 5. The highest BCUT2D eigenvalue weighted by molar-refractivity contribution is 5.85. The fourth-order valence-corrected chi connectivity index (χ4v) is 2.09. The summed E-state index contributed by atoms with van der Waals surface area (Å²) in [5, 5.41) is 12.7. The second-order valence-corrected chi connectivity index (χ2v) is 4.83.